The van der Waals surface area contributed by atoms with E-state index >= 15 is 0 Å². The highest BCUT2D eigenvalue weighted by Gasteiger charge is 2.24. The molecule has 2 saturated heterocycles. The molecule has 0 saturated carbocycles. The monoisotopic (exact) mass is 248 g/mol. The predicted molar refractivity (Wildman–Crippen MR) is 67.0 cm³/mol. The Bertz CT molecular complexity index is 435. The second-order valence-corrected chi connectivity index (χ2v) is 4.44. The molecule has 0 N–H and O–H groups in total. The largest absolute Gasteiger partial charge is 0.491 e. The summed E-state index contributed by atoms with van der Waals surface area (Å²) >= 11 is 0. The van der Waals surface area contributed by atoms with Gasteiger partial charge in [0.2, 0.25) is 0 Å². The van der Waals surface area contributed by atoms with Crippen LogP contribution in [-0.4, -0.2) is 38.6 Å². The van der Waals surface area contributed by atoms with Crippen LogP contribution in [-0.2, 0) is 9.47 Å². The molecule has 0 spiro atoms. The van der Waals surface area contributed by atoms with Crippen LogP contribution in [0.1, 0.15) is 5.56 Å². The minimum absolute atomic E-state index is 0.243. The summed E-state index contributed by atoms with van der Waals surface area (Å²) in [5.74, 6) is 1.58. The van der Waals surface area contributed by atoms with Crippen LogP contribution in [0.4, 0.5) is 0 Å². The van der Waals surface area contributed by atoms with Gasteiger partial charge in [0.15, 0.2) is 0 Å². The lowest BCUT2D eigenvalue weighted by atomic mass is 10.2. The van der Waals surface area contributed by atoms with Crippen LogP contribution in [0.15, 0.2) is 24.8 Å². The van der Waals surface area contributed by atoms with Crippen molar-refractivity contribution in [3.05, 3.63) is 30.3 Å². The molecule has 4 heteroatoms. The van der Waals surface area contributed by atoms with Crippen LogP contribution in [0.5, 0.6) is 11.5 Å². The summed E-state index contributed by atoms with van der Waals surface area (Å²) in [4.78, 5) is 0. The zero-order valence-electron chi connectivity index (χ0n) is 10.1. The SMILES string of the molecule is C=Cc1ccc(OCC2CO2)cc1OCC1CO1. The Morgan fingerprint density at radius 2 is 1.83 bits per heavy atom. The van der Waals surface area contributed by atoms with E-state index in [9.17, 15) is 0 Å². The maximum Gasteiger partial charge on any atom is 0.130 e. The summed E-state index contributed by atoms with van der Waals surface area (Å²) in [5.41, 5.74) is 0.964. The van der Waals surface area contributed by atoms with Gasteiger partial charge in [-0.15, -0.1) is 0 Å². The lowest BCUT2D eigenvalue weighted by molar-refractivity contribution is 0.252. The van der Waals surface area contributed by atoms with E-state index in [1.54, 1.807) is 6.08 Å². The number of benzene rings is 1. The molecule has 2 atom stereocenters. The summed E-state index contributed by atoms with van der Waals surface area (Å²) < 4.78 is 21.6. The quantitative estimate of drug-likeness (QED) is 0.691. The van der Waals surface area contributed by atoms with Crippen molar-refractivity contribution in [2.75, 3.05) is 26.4 Å². The molecule has 0 amide bonds. The van der Waals surface area contributed by atoms with Crippen LogP contribution in [0.2, 0.25) is 0 Å². The fraction of sp³-hybridized carbons (Fsp3) is 0.429. The van der Waals surface area contributed by atoms with E-state index in [2.05, 4.69) is 6.58 Å². The van der Waals surface area contributed by atoms with Crippen LogP contribution in [0.25, 0.3) is 6.08 Å². The lowest BCUT2D eigenvalue weighted by Gasteiger charge is -2.11. The Morgan fingerprint density at radius 3 is 2.44 bits per heavy atom. The molecule has 2 aliphatic heterocycles. The molecule has 18 heavy (non-hydrogen) atoms. The van der Waals surface area contributed by atoms with Gasteiger partial charge in [0.25, 0.3) is 0 Å². The Hall–Kier alpha value is -1.52. The minimum Gasteiger partial charge on any atom is -0.491 e. The molecule has 1 aromatic carbocycles. The number of hydrogen-bond donors (Lipinski definition) is 0. The first kappa shape index (κ1) is 11.6. The molecule has 0 aromatic heterocycles. The first-order chi connectivity index (χ1) is 8.85. The van der Waals surface area contributed by atoms with E-state index in [0.717, 1.165) is 30.3 Å². The fourth-order valence-electron chi connectivity index (χ4n) is 1.60. The molecule has 4 nitrogen and oxygen atoms in total. The van der Waals surface area contributed by atoms with Crippen LogP contribution < -0.4 is 9.47 Å². The molecule has 3 rings (SSSR count). The van der Waals surface area contributed by atoms with E-state index in [1.165, 1.54) is 0 Å². The maximum absolute atomic E-state index is 5.71. The second kappa shape index (κ2) is 5.00. The van der Waals surface area contributed by atoms with Crippen molar-refractivity contribution in [1.29, 1.82) is 0 Å². The van der Waals surface area contributed by atoms with Gasteiger partial charge in [-0.3, -0.25) is 0 Å². The van der Waals surface area contributed by atoms with E-state index < -0.39 is 0 Å². The highest BCUT2D eigenvalue weighted by Crippen LogP contribution is 2.27. The maximum atomic E-state index is 5.71. The number of ether oxygens (including phenoxy) is 4. The molecule has 2 unspecified atom stereocenters. The average Bonchev–Trinajstić information content (AvgIpc) is 3.28. The van der Waals surface area contributed by atoms with Gasteiger partial charge < -0.3 is 18.9 Å². The standard InChI is InChI=1S/C14H16O4/c1-2-10-3-4-11(15-6-12-7-16-12)5-14(10)18-9-13-8-17-13/h2-5,12-13H,1,6-9H2. The first-order valence-corrected chi connectivity index (χ1v) is 6.10. The minimum atomic E-state index is 0.243. The Kier molecular flexibility index (Phi) is 3.21. The average molecular weight is 248 g/mol. The Labute approximate surface area is 106 Å². The smallest absolute Gasteiger partial charge is 0.130 e. The summed E-state index contributed by atoms with van der Waals surface area (Å²) in [6.07, 6.45) is 2.28. The number of rotatable bonds is 7. The molecule has 2 fully saturated rings. The zero-order valence-corrected chi connectivity index (χ0v) is 10.1. The van der Waals surface area contributed by atoms with E-state index in [4.69, 9.17) is 18.9 Å². The predicted octanol–water partition coefficient (Wildman–Crippen LogP) is 1.88. The summed E-state index contributed by atoms with van der Waals surface area (Å²) in [6, 6.07) is 5.75. The molecular formula is C14H16O4. The van der Waals surface area contributed by atoms with Crippen LogP contribution in [0.3, 0.4) is 0 Å². The van der Waals surface area contributed by atoms with Crippen molar-refractivity contribution >= 4 is 6.08 Å². The van der Waals surface area contributed by atoms with Gasteiger partial charge in [0.05, 0.1) is 13.2 Å². The van der Waals surface area contributed by atoms with Gasteiger partial charge in [0, 0.05) is 11.6 Å². The normalized spacial score (nSPS) is 24.4. The summed E-state index contributed by atoms with van der Waals surface area (Å²) in [5, 5.41) is 0. The van der Waals surface area contributed by atoms with E-state index in [-0.39, 0.29) is 12.2 Å². The first-order valence-electron chi connectivity index (χ1n) is 6.10. The summed E-state index contributed by atoms with van der Waals surface area (Å²) in [6.45, 7) is 6.54. The second-order valence-electron chi connectivity index (χ2n) is 4.44. The van der Waals surface area contributed by atoms with Crippen molar-refractivity contribution in [3.63, 3.8) is 0 Å². The highest BCUT2D eigenvalue weighted by molar-refractivity contribution is 5.57. The van der Waals surface area contributed by atoms with E-state index in [1.807, 2.05) is 18.2 Å². The van der Waals surface area contributed by atoms with Gasteiger partial charge in [0.1, 0.15) is 36.9 Å². The van der Waals surface area contributed by atoms with Gasteiger partial charge >= 0.3 is 0 Å². The molecule has 1 aromatic rings. The highest BCUT2D eigenvalue weighted by atomic mass is 16.6. The molecule has 0 aliphatic carbocycles. The Morgan fingerprint density at radius 1 is 1.17 bits per heavy atom. The Balaban J connectivity index is 1.65. The third-order valence-electron chi connectivity index (χ3n) is 2.87. The molecule has 96 valence electrons. The molecule has 0 bridgehead atoms. The third-order valence-corrected chi connectivity index (χ3v) is 2.87. The number of epoxide rings is 2. The van der Waals surface area contributed by atoms with Gasteiger partial charge in [-0.25, -0.2) is 0 Å². The van der Waals surface area contributed by atoms with Crippen molar-refractivity contribution < 1.29 is 18.9 Å². The topological polar surface area (TPSA) is 43.5 Å². The lowest BCUT2D eigenvalue weighted by Crippen LogP contribution is -2.07. The third kappa shape index (κ3) is 3.03. The fourth-order valence-corrected chi connectivity index (χ4v) is 1.60. The van der Waals surface area contributed by atoms with Gasteiger partial charge in [-0.1, -0.05) is 12.7 Å². The number of hydrogen-bond acceptors (Lipinski definition) is 4. The van der Waals surface area contributed by atoms with Crippen molar-refractivity contribution in [2.45, 2.75) is 12.2 Å². The van der Waals surface area contributed by atoms with Crippen molar-refractivity contribution in [3.8, 4) is 11.5 Å². The van der Waals surface area contributed by atoms with Gasteiger partial charge in [-0.2, -0.15) is 0 Å². The molecule has 2 aliphatic rings. The summed E-state index contributed by atoms with van der Waals surface area (Å²) in [7, 11) is 0. The van der Waals surface area contributed by atoms with Crippen molar-refractivity contribution in [1.82, 2.24) is 0 Å². The zero-order chi connectivity index (χ0) is 12.4. The van der Waals surface area contributed by atoms with Crippen molar-refractivity contribution in [2.24, 2.45) is 0 Å². The van der Waals surface area contributed by atoms with Crippen LogP contribution >= 0.6 is 0 Å². The van der Waals surface area contributed by atoms with Gasteiger partial charge in [-0.05, 0) is 12.1 Å². The van der Waals surface area contributed by atoms with Crippen LogP contribution in [0, 0.1) is 0 Å². The van der Waals surface area contributed by atoms with E-state index in [0.29, 0.717) is 13.2 Å². The molecule has 2 heterocycles. The molecule has 0 radical (unpaired) electrons. The molecular weight excluding hydrogens is 232 g/mol.